The van der Waals surface area contributed by atoms with Crippen LogP contribution in [0.15, 0.2) is 41.2 Å². The van der Waals surface area contributed by atoms with Crippen LogP contribution in [-0.2, 0) is 4.79 Å². The molecule has 0 aliphatic heterocycles. The Labute approximate surface area is 140 Å². The maximum atomic E-state index is 12.8. The van der Waals surface area contributed by atoms with E-state index in [-0.39, 0.29) is 11.9 Å². The highest BCUT2D eigenvalue weighted by Crippen LogP contribution is 2.37. The average molecular weight is 328 g/mol. The van der Waals surface area contributed by atoms with Gasteiger partial charge in [0.05, 0.1) is 18.3 Å². The van der Waals surface area contributed by atoms with E-state index >= 15 is 0 Å². The summed E-state index contributed by atoms with van der Waals surface area (Å²) >= 11 is 1.52. The Morgan fingerprint density at radius 2 is 2.13 bits per heavy atom. The summed E-state index contributed by atoms with van der Waals surface area (Å²) in [6.45, 7) is 2.12. The Kier molecular flexibility index (Phi) is 4.76. The molecule has 1 unspecified atom stereocenters. The minimum Gasteiger partial charge on any atom is -0.497 e. The second-order valence-corrected chi connectivity index (χ2v) is 6.45. The molecule has 120 valence electrons. The molecule has 4 nitrogen and oxygen atoms in total. The van der Waals surface area contributed by atoms with Crippen LogP contribution in [-0.4, -0.2) is 24.0 Å². The third-order valence-corrected chi connectivity index (χ3v) is 4.75. The predicted octanol–water partition coefficient (Wildman–Crippen LogP) is 4.00. The van der Waals surface area contributed by atoms with Crippen LogP contribution in [0.25, 0.3) is 6.08 Å². The van der Waals surface area contributed by atoms with Crippen LogP contribution in [0, 0.1) is 5.92 Å². The number of hydrogen-bond donors (Lipinski definition) is 0. The van der Waals surface area contributed by atoms with Crippen molar-refractivity contribution in [3.05, 3.63) is 46.9 Å². The SMILES string of the molecule is COc1ccc(N(C(=O)/C=C/c2cscn2)C(C)C2CC2)cc1. The van der Waals surface area contributed by atoms with Crippen LogP contribution < -0.4 is 9.64 Å². The molecule has 1 fully saturated rings. The lowest BCUT2D eigenvalue weighted by Gasteiger charge is -2.28. The number of benzene rings is 1. The fraction of sp³-hybridized carbons (Fsp3) is 0.333. The second kappa shape index (κ2) is 6.96. The number of carbonyl (C=O) groups is 1. The van der Waals surface area contributed by atoms with E-state index in [1.807, 2.05) is 34.5 Å². The Hall–Kier alpha value is -2.14. The molecule has 1 heterocycles. The van der Waals surface area contributed by atoms with Gasteiger partial charge in [-0.1, -0.05) is 0 Å². The van der Waals surface area contributed by atoms with Crippen molar-refractivity contribution in [3.8, 4) is 5.75 Å². The van der Waals surface area contributed by atoms with Crippen LogP contribution in [0.1, 0.15) is 25.5 Å². The van der Waals surface area contributed by atoms with E-state index in [9.17, 15) is 4.79 Å². The maximum absolute atomic E-state index is 12.8. The molecule has 5 heteroatoms. The average Bonchev–Trinajstić information content (AvgIpc) is 3.30. The smallest absolute Gasteiger partial charge is 0.251 e. The minimum absolute atomic E-state index is 0.0115. The van der Waals surface area contributed by atoms with Crippen molar-refractivity contribution in [2.24, 2.45) is 5.92 Å². The van der Waals surface area contributed by atoms with Gasteiger partial charge in [-0.25, -0.2) is 4.98 Å². The Balaban J connectivity index is 1.83. The van der Waals surface area contributed by atoms with Gasteiger partial charge in [-0.3, -0.25) is 4.79 Å². The molecule has 3 rings (SSSR count). The summed E-state index contributed by atoms with van der Waals surface area (Å²) in [6, 6.07) is 7.84. The second-order valence-electron chi connectivity index (χ2n) is 5.73. The van der Waals surface area contributed by atoms with Gasteiger partial charge in [-0.2, -0.15) is 0 Å². The normalized spacial score (nSPS) is 15.6. The highest BCUT2D eigenvalue weighted by Gasteiger charge is 2.34. The summed E-state index contributed by atoms with van der Waals surface area (Å²) in [4.78, 5) is 18.8. The molecule has 1 aromatic heterocycles. The summed E-state index contributed by atoms with van der Waals surface area (Å²) in [5, 5.41) is 1.92. The van der Waals surface area contributed by atoms with Crippen molar-refractivity contribution < 1.29 is 9.53 Å². The maximum Gasteiger partial charge on any atom is 0.251 e. The molecule has 0 radical (unpaired) electrons. The molecule has 0 N–H and O–H groups in total. The van der Waals surface area contributed by atoms with Gasteiger partial charge in [-0.05, 0) is 56.0 Å². The summed E-state index contributed by atoms with van der Waals surface area (Å²) in [5.74, 6) is 1.37. The first-order valence-corrected chi connectivity index (χ1v) is 8.67. The number of aromatic nitrogens is 1. The molecule has 1 amide bonds. The van der Waals surface area contributed by atoms with Crippen LogP contribution in [0.3, 0.4) is 0 Å². The van der Waals surface area contributed by atoms with E-state index in [2.05, 4.69) is 11.9 Å². The lowest BCUT2D eigenvalue weighted by atomic mass is 10.1. The number of methoxy groups -OCH3 is 1. The molecular weight excluding hydrogens is 308 g/mol. The van der Waals surface area contributed by atoms with E-state index in [0.29, 0.717) is 5.92 Å². The summed E-state index contributed by atoms with van der Waals surface area (Å²) in [6.07, 6.45) is 5.76. The number of carbonyl (C=O) groups excluding carboxylic acids is 1. The number of nitrogens with zero attached hydrogens (tertiary/aromatic N) is 2. The van der Waals surface area contributed by atoms with Gasteiger partial charge in [0.2, 0.25) is 0 Å². The van der Waals surface area contributed by atoms with Crippen LogP contribution in [0.4, 0.5) is 5.69 Å². The number of ether oxygens (including phenoxy) is 1. The largest absolute Gasteiger partial charge is 0.497 e. The number of amides is 1. The molecule has 23 heavy (non-hydrogen) atoms. The van der Waals surface area contributed by atoms with Gasteiger partial charge in [0.15, 0.2) is 0 Å². The summed E-state index contributed by atoms with van der Waals surface area (Å²) in [7, 11) is 1.64. The molecule has 0 spiro atoms. The van der Waals surface area contributed by atoms with Crippen molar-refractivity contribution >= 4 is 29.0 Å². The molecule has 0 saturated heterocycles. The first-order chi connectivity index (χ1) is 11.2. The van der Waals surface area contributed by atoms with Crippen molar-refractivity contribution in [1.29, 1.82) is 0 Å². The topological polar surface area (TPSA) is 42.4 Å². The van der Waals surface area contributed by atoms with E-state index in [1.54, 1.807) is 24.8 Å². The quantitative estimate of drug-likeness (QED) is 0.753. The summed E-state index contributed by atoms with van der Waals surface area (Å²) in [5.41, 5.74) is 3.48. The lowest BCUT2D eigenvalue weighted by molar-refractivity contribution is -0.114. The van der Waals surface area contributed by atoms with Gasteiger partial charge >= 0.3 is 0 Å². The van der Waals surface area contributed by atoms with Gasteiger partial charge in [0, 0.05) is 23.2 Å². The molecule has 1 aromatic carbocycles. The molecule has 1 aliphatic rings. The molecular formula is C18H20N2O2S. The van der Waals surface area contributed by atoms with Crippen molar-refractivity contribution in [1.82, 2.24) is 4.98 Å². The van der Waals surface area contributed by atoms with E-state index in [0.717, 1.165) is 17.1 Å². The van der Waals surface area contributed by atoms with Gasteiger partial charge in [0.25, 0.3) is 5.91 Å². The molecule has 1 saturated carbocycles. The van der Waals surface area contributed by atoms with E-state index < -0.39 is 0 Å². The first kappa shape index (κ1) is 15.7. The summed E-state index contributed by atoms with van der Waals surface area (Å²) < 4.78 is 5.20. The molecule has 1 aliphatic carbocycles. The number of thiazole rings is 1. The van der Waals surface area contributed by atoms with Crippen molar-refractivity contribution in [3.63, 3.8) is 0 Å². The Bertz CT molecular complexity index is 676. The van der Waals surface area contributed by atoms with E-state index in [4.69, 9.17) is 4.74 Å². The van der Waals surface area contributed by atoms with Crippen LogP contribution in [0.2, 0.25) is 0 Å². The highest BCUT2D eigenvalue weighted by atomic mass is 32.1. The van der Waals surface area contributed by atoms with Crippen molar-refractivity contribution in [2.75, 3.05) is 12.0 Å². The highest BCUT2D eigenvalue weighted by molar-refractivity contribution is 7.07. The number of hydrogen-bond acceptors (Lipinski definition) is 4. The van der Waals surface area contributed by atoms with Gasteiger partial charge in [-0.15, -0.1) is 11.3 Å². The Morgan fingerprint density at radius 1 is 1.39 bits per heavy atom. The Morgan fingerprint density at radius 3 is 2.70 bits per heavy atom. The zero-order valence-corrected chi connectivity index (χ0v) is 14.1. The first-order valence-electron chi connectivity index (χ1n) is 7.72. The number of rotatable bonds is 6. The molecule has 2 aromatic rings. The molecule has 1 atom stereocenters. The third-order valence-electron chi connectivity index (χ3n) is 4.15. The van der Waals surface area contributed by atoms with Crippen LogP contribution in [0.5, 0.6) is 5.75 Å². The van der Waals surface area contributed by atoms with Crippen molar-refractivity contribution in [2.45, 2.75) is 25.8 Å². The van der Waals surface area contributed by atoms with Gasteiger partial charge < -0.3 is 9.64 Å². The zero-order chi connectivity index (χ0) is 16.2. The fourth-order valence-corrected chi connectivity index (χ4v) is 3.16. The van der Waals surface area contributed by atoms with Gasteiger partial charge in [0.1, 0.15) is 5.75 Å². The lowest BCUT2D eigenvalue weighted by Crippen LogP contribution is -2.39. The fourth-order valence-electron chi connectivity index (χ4n) is 2.64. The standard InChI is InChI=1S/C18H20N2O2S/c1-13(14-3-4-14)20(16-6-8-17(22-2)9-7-16)18(21)10-5-15-11-23-12-19-15/h5-14H,3-4H2,1-2H3/b10-5+. The molecule has 0 bridgehead atoms. The van der Waals surface area contributed by atoms with Crippen LogP contribution >= 0.6 is 11.3 Å². The monoisotopic (exact) mass is 328 g/mol. The number of anilines is 1. The third kappa shape index (κ3) is 3.79. The predicted molar refractivity (Wildman–Crippen MR) is 93.8 cm³/mol. The van der Waals surface area contributed by atoms with E-state index in [1.165, 1.54) is 24.2 Å². The minimum atomic E-state index is -0.0115. The zero-order valence-electron chi connectivity index (χ0n) is 13.3.